The first-order valence-electron chi connectivity index (χ1n) is 7.54. The van der Waals surface area contributed by atoms with Gasteiger partial charge in [0.2, 0.25) is 0 Å². The lowest BCUT2D eigenvalue weighted by atomic mass is 10.1. The van der Waals surface area contributed by atoms with E-state index in [1.807, 2.05) is 31.2 Å². The summed E-state index contributed by atoms with van der Waals surface area (Å²) in [6, 6.07) is 14.8. The third kappa shape index (κ3) is 3.31. The van der Waals surface area contributed by atoms with Crippen molar-refractivity contribution in [2.45, 2.75) is 13.0 Å². The fourth-order valence-electron chi connectivity index (χ4n) is 2.47. The Hall–Kier alpha value is -2.66. The van der Waals surface area contributed by atoms with Gasteiger partial charge in [0, 0.05) is 17.6 Å². The van der Waals surface area contributed by atoms with E-state index in [0.29, 0.717) is 10.6 Å². The summed E-state index contributed by atoms with van der Waals surface area (Å²) in [7, 11) is 1.79. The first kappa shape index (κ1) is 16.2. The number of nitrogens with zero attached hydrogens (tertiary/aromatic N) is 4. The second kappa shape index (κ2) is 6.84. The number of halogens is 1. The number of hydrogen-bond donors (Lipinski definition) is 0. The lowest BCUT2D eigenvalue weighted by Gasteiger charge is -2.25. The minimum absolute atomic E-state index is 0.0645. The van der Waals surface area contributed by atoms with E-state index in [1.54, 1.807) is 47.2 Å². The number of aromatic nitrogens is 3. The van der Waals surface area contributed by atoms with Crippen LogP contribution >= 0.6 is 11.6 Å². The average Bonchev–Trinajstić information content (AvgIpc) is 3.14. The maximum absolute atomic E-state index is 12.6. The summed E-state index contributed by atoms with van der Waals surface area (Å²) >= 11 is 5.97. The quantitative estimate of drug-likeness (QED) is 0.726. The Balaban J connectivity index is 1.78. The summed E-state index contributed by atoms with van der Waals surface area (Å²) in [4.78, 5) is 18.3. The summed E-state index contributed by atoms with van der Waals surface area (Å²) < 4.78 is 1.69. The van der Waals surface area contributed by atoms with Crippen LogP contribution in [0.15, 0.2) is 61.2 Å². The van der Waals surface area contributed by atoms with Gasteiger partial charge in [-0.2, -0.15) is 5.10 Å². The predicted octanol–water partition coefficient (Wildman–Crippen LogP) is 3.75. The highest BCUT2D eigenvalue weighted by molar-refractivity contribution is 6.30. The minimum Gasteiger partial charge on any atom is -0.335 e. The zero-order chi connectivity index (χ0) is 17.1. The van der Waals surface area contributed by atoms with Crippen LogP contribution in [0.1, 0.15) is 28.9 Å². The fraction of sp³-hybridized carbons (Fsp3) is 0.167. The van der Waals surface area contributed by atoms with Crippen LogP contribution in [-0.2, 0) is 0 Å². The summed E-state index contributed by atoms with van der Waals surface area (Å²) in [5, 5.41) is 4.66. The fourth-order valence-corrected chi connectivity index (χ4v) is 2.66. The molecule has 3 rings (SSSR count). The summed E-state index contributed by atoms with van der Waals surface area (Å²) in [6.45, 7) is 1.99. The van der Waals surface area contributed by atoms with Gasteiger partial charge in [-0.25, -0.2) is 9.67 Å². The van der Waals surface area contributed by atoms with E-state index >= 15 is 0 Å². The summed E-state index contributed by atoms with van der Waals surface area (Å²) in [6.07, 6.45) is 3.14. The molecule has 0 fully saturated rings. The molecular weight excluding hydrogens is 324 g/mol. The molecule has 0 saturated carbocycles. The number of amides is 1. The van der Waals surface area contributed by atoms with Crippen molar-refractivity contribution in [2.75, 3.05) is 7.05 Å². The Morgan fingerprint density at radius 1 is 1.21 bits per heavy atom. The normalized spacial score (nSPS) is 12.0. The predicted molar refractivity (Wildman–Crippen MR) is 93.3 cm³/mol. The molecule has 0 bridgehead atoms. The Kier molecular flexibility index (Phi) is 4.62. The molecule has 0 saturated heterocycles. The second-order valence-electron chi connectivity index (χ2n) is 5.53. The first-order chi connectivity index (χ1) is 11.6. The molecule has 0 spiro atoms. The van der Waals surface area contributed by atoms with Gasteiger partial charge in [-0.15, -0.1) is 0 Å². The third-order valence-electron chi connectivity index (χ3n) is 4.03. The number of carbonyl (C=O) groups is 1. The third-order valence-corrected chi connectivity index (χ3v) is 4.27. The molecule has 0 radical (unpaired) electrons. The lowest BCUT2D eigenvalue weighted by molar-refractivity contribution is 0.0742. The van der Waals surface area contributed by atoms with E-state index in [4.69, 9.17) is 11.6 Å². The second-order valence-corrected chi connectivity index (χ2v) is 5.97. The molecule has 24 heavy (non-hydrogen) atoms. The van der Waals surface area contributed by atoms with Gasteiger partial charge in [0.25, 0.3) is 5.91 Å². The smallest absolute Gasteiger partial charge is 0.254 e. The maximum Gasteiger partial charge on any atom is 0.254 e. The van der Waals surface area contributed by atoms with E-state index in [1.165, 1.54) is 6.33 Å². The van der Waals surface area contributed by atoms with Crippen LogP contribution in [-0.4, -0.2) is 32.6 Å². The van der Waals surface area contributed by atoms with Crippen molar-refractivity contribution in [3.8, 4) is 5.69 Å². The van der Waals surface area contributed by atoms with Gasteiger partial charge >= 0.3 is 0 Å². The van der Waals surface area contributed by atoms with Gasteiger partial charge in [-0.1, -0.05) is 29.8 Å². The molecule has 0 unspecified atom stereocenters. The molecule has 2 aromatic carbocycles. The molecule has 3 aromatic rings. The van der Waals surface area contributed by atoms with E-state index in [9.17, 15) is 4.79 Å². The zero-order valence-electron chi connectivity index (χ0n) is 13.4. The maximum atomic E-state index is 12.6. The molecule has 0 N–H and O–H groups in total. The van der Waals surface area contributed by atoms with Gasteiger partial charge in [0.15, 0.2) is 0 Å². The molecule has 0 aliphatic carbocycles. The van der Waals surface area contributed by atoms with E-state index in [-0.39, 0.29) is 11.9 Å². The lowest BCUT2D eigenvalue weighted by Crippen LogP contribution is -2.29. The number of hydrogen-bond acceptors (Lipinski definition) is 3. The Labute approximate surface area is 145 Å². The van der Waals surface area contributed by atoms with E-state index in [2.05, 4.69) is 10.1 Å². The average molecular weight is 341 g/mol. The van der Waals surface area contributed by atoms with Gasteiger partial charge in [-0.05, 0) is 42.8 Å². The number of carbonyl (C=O) groups excluding carboxylic acids is 1. The summed E-state index contributed by atoms with van der Waals surface area (Å²) in [5.74, 6) is -0.0645. The van der Waals surface area contributed by atoms with Crippen molar-refractivity contribution in [1.82, 2.24) is 19.7 Å². The van der Waals surface area contributed by atoms with Crippen molar-refractivity contribution >= 4 is 17.5 Å². The van der Waals surface area contributed by atoms with Crippen LogP contribution in [0.5, 0.6) is 0 Å². The Morgan fingerprint density at radius 2 is 1.96 bits per heavy atom. The molecular formula is C18H17ClN4O. The topological polar surface area (TPSA) is 51.0 Å². The van der Waals surface area contributed by atoms with Crippen molar-refractivity contribution in [1.29, 1.82) is 0 Å². The molecule has 5 nitrogen and oxygen atoms in total. The first-order valence-corrected chi connectivity index (χ1v) is 7.92. The largest absolute Gasteiger partial charge is 0.335 e. The van der Waals surface area contributed by atoms with Crippen LogP contribution in [0.2, 0.25) is 5.02 Å². The number of rotatable bonds is 4. The van der Waals surface area contributed by atoms with Gasteiger partial charge in [0.05, 0.1) is 11.7 Å². The molecule has 1 aromatic heterocycles. The summed E-state index contributed by atoms with van der Waals surface area (Å²) in [5.41, 5.74) is 2.54. The highest BCUT2D eigenvalue weighted by atomic mass is 35.5. The van der Waals surface area contributed by atoms with Crippen molar-refractivity contribution in [3.63, 3.8) is 0 Å². The molecule has 0 aliphatic rings. The number of benzene rings is 2. The van der Waals surface area contributed by atoms with Crippen LogP contribution in [0.3, 0.4) is 0 Å². The van der Waals surface area contributed by atoms with Crippen molar-refractivity contribution < 1.29 is 4.79 Å². The standard InChI is InChI=1S/C18H17ClN4O/c1-13(22(2)18(24)15-4-3-5-16(19)10-15)14-6-8-17(9-7-14)23-12-20-11-21-23/h3-13H,1-2H3/t13-/m0/s1. The Bertz CT molecular complexity index is 830. The highest BCUT2D eigenvalue weighted by Gasteiger charge is 2.19. The van der Waals surface area contributed by atoms with E-state index < -0.39 is 0 Å². The van der Waals surface area contributed by atoms with Gasteiger partial charge in [0.1, 0.15) is 12.7 Å². The minimum atomic E-state index is -0.0683. The molecule has 6 heteroatoms. The van der Waals surface area contributed by atoms with Crippen LogP contribution in [0.25, 0.3) is 5.69 Å². The van der Waals surface area contributed by atoms with E-state index in [0.717, 1.165) is 11.3 Å². The molecule has 122 valence electrons. The van der Waals surface area contributed by atoms with Gasteiger partial charge < -0.3 is 4.90 Å². The molecule has 1 amide bonds. The van der Waals surface area contributed by atoms with Crippen LogP contribution in [0.4, 0.5) is 0 Å². The Morgan fingerprint density at radius 3 is 2.58 bits per heavy atom. The monoisotopic (exact) mass is 340 g/mol. The molecule has 0 aliphatic heterocycles. The SMILES string of the molecule is C[C@@H](c1ccc(-n2cncn2)cc1)N(C)C(=O)c1cccc(Cl)c1. The zero-order valence-corrected chi connectivity index (χ0v) is 14.2. The van der Waals surface area contributed by atoms with Crippen molar-refractivity contribution in [2.24, 2.45) is 0 Å². The molecule has 1 atom stereocenters. The molecule has 1 heterocycles. The highest BCUT2D eigenvalue weighted by Crippen LogP contribution is 2.22. The van der Waals surface area contributed by atoms with Crippen molar-refractivity contribution in [3.05, 3.63) is 77.3 Å². The van der Waals surface area contributed by atoms with Crippen LogP contribution < -0.4 is 0 Å². The van der Waals surface area contributed by atoms with Gasteiger partial charge in [-0.3, -0.25) is 4.79 Å². The van der Waals surface area contributed by atoms with Crippen LogP contribution in [0, 0.1) is 0 Å².